The van der Waals surface area contributed by atoms with E-state index in [4.69, 9.17) is 40.0 Å². The van der Waals surface area contributed by atoms with Gasteiger partial charge in [-0.15, -0.1) is 0 Å². The van der Waals surface area contributed by atoms with Crippen molar-refractivity contribution in [3.63, 3.8) is 0 Å². The van der Waals surface area contributed by atoms with Crippen molar-refractivity contribution < 1.29 is 52.4 Å². The molecule has 0 heterocycles. The van der Waals surface area contributed by atoms with Gasteiger partial charge in [-0.25, -0.2) is 0 Å². The summed E-state index contributed by atoms with van der Waals surface area (Å²) in [5.41, 5.74) is 2.92. The van der Waals surface area contributed by atoms with Gasteiger partial charge in [0.15, 0.2) is 0 Å². The zero-order valence-electron chi connectivity index (χ0n) is 25.8. The minimum atomic E-state index is -0.607. The molecule has 0 bridgehead atoms. The molecule has 0 saturated carbocycles. The van der Waals surface area contributed by atoms with Crippen LogP contribution in [0, 0.1) is 20.8 Å². The Kier molecular flexibility index (Phi) is 13.7. The van der Waals surface area contributed by atoms with Gasteiger partial charge in [0.05, 0.1) is 39.8 Å². The number of hydrogen-bond donors (Lipinski definition) is 0. The number of methoxy groups -OCH3 is 4. The molecule has 0 unspecified atom stereocenters. The zero-order chi connectivity index (χ0) is 33.0. The molecular weight excluding hydrogens is 600 g/mol. The van der Waals surface area contributed by atoms with Crippen LogP contribution in [0.4, 0.5) is 11.4 Å². The van der Waals surface area contributed by atoms with E-state index < -0.39 is 23.9 Å². The fourth-order valence-corrected chi connectivity index (χ4v) is 4.36. The number of anilines is 2. The minimum absolute atomic E-state index is 0.0322. The van der Waals surface area contributed by atoms with Gasteiger partial charge in [-0.1, -0.05) is 11.6 Å². The lowest BCUT2D eigenvalue weighted by atomic mass is 10.1. The van der Waals surface area contributed by atoms with Crippen LogP contribution in [0.1, 0.15) is 27.0 Å². The maximum absolute atomic E-state index is 12.2. The zero-order valence-corrected chi connectivity index (χ0v) is 26.6. The lowest BCUT2D eigenvalue weighted by Gasteiger charge is -2.28. The van der Waals surface area contributed by atoms with Crippen LogP contribution >= 0.6 is 11.6 Å². The number of hydrogen-bond acceptors (Lipinski definition) is 13. The third-order valence-electron chi connectivity index (χ3n) is 6.53. The number of carbonyl (C=O) groups is 5. The van der Waals surface area contributed by atoms with Gasteiger partial charge in [0.1, 0.15) is 57.2 Å². The second kappa shape index (κ2) is 16.9. The van der Waals surface area contributed by atoms with E-state index in [1.165, 1.54) is 44.3 Å². The molecule has 2 aromatic rings. The number of nitrogens with zero attached hydrogens (tertiary/aromatic N) is 2. The highest BCUT2D eigenvalue weighted by Crippen LogP contribution is 2.39. The Morgan fingerprint density at radius 3 is 1.59 bits per heavy atom. The molecule has 0 radical (unpaired) electrons. The van der Waals surface area contributed by atoms with E-state index in [-0.39, 0.29) is 45.1 Å². The summed E-state index contributed by atoms with van der Waals surface area (Å²) in [6, 6.07) is 4.78. The fraction of sp³-hybridized carbons (Fsp3) is 0.433. The van der Waals surface area contributed by atoms with Gasteiger partial charge < -0.3 is 38.2 Å². The summed E-state index contributed by atoms with van der Waals surface area (Å²) in [5, 5.41) is 0.422. The summed E-state index contributed by atoms with van der Waals surface area (Å²) in [6.45, 7) is 3.99. The third-order valence-corrected chi connectivity index (χ3v) is 7.11. The first-order chi connectivity index (χ1) is 20.9. The van der Waals surface area contributed by atoms with Gasteiger partial charge in [-0.3, -0.25) is 24.0 Å². The lowest BCUT2D eigenvalue weighted by molar-refractivity contribution is -0.141. The second-order valence-electron chi connectivity index (χ2n) is 9.49. The molecule has 0 aliphatic rings. The smallest absolute Gasteiger partial charge is 0.325 e. The van der Waals surface area contributed by atoms with Crippen LogP contribution < -0.4 is 19.3 Å². The first-order valence-corrected chi connectivity index (χ1v) is 13.7. The molecule has 2 aromatic carbocycles. The number of benzene rings is 2. The highest BCUT2D eigenvalue weighted by Gasteiger charge is 2.25. The van der Waals surface area contributed by atoms with Crippen molar-refractivity contribution in [3.8, 4) is 11.5 Å². The number of carbonyl (C=O) groups excluding carboxylic acids is 5. The summed E-state index contributed by atoms with van der Waals surface area (Å²) in [5.74, 6) is -1.89. The van der Waals surface area contributed by atoms with Gasteiger partial charge in [0, 0.05) is 10.6 Å². The van der Waals surface area contributed by atoms with E-state index in [2.05, 4.69) is 0 Å². The molecule has 0 saturated heterocycles. The van der Waals surface area contributed by atoms with Crippen LogP contribution in [-0.4, -0.2) is 98.0 Å². The van der Waals surface area contributed by atoms with Crippen LogP contribution in [-0.2, 0) is 38.1 Å². The number of aryl methyl sites for hydroxylation is 2. The predicted molar refractivity (Wildman–Crippen MR) is 161 cm³/mol. The predicted octanol–water partition coefficient (Wildman–Crippen LogP) is 2.84. The van der Waals surface area contributed by atoms with Gasteiger partial charge in [-0.05, 0) is 55.7 Å². The number of ether oxygens (including phenoxy) is 6. The van der Waals surface area contributed by atoms with Crippen molar-refractivity contribution in [2.24, 2.45) is 0 Å². The second-order valence-corrected chi connectivity index (χ2v) is 9.87. The van der Waals surface area contributed by atoms with Gasteiger partial charge in [0.2, 0.25) is 0 Å². The van der Waals surface area contributed by atoms with Crippen LogP contribution in [0.5, 0.6) is 11.5 Å². The Hall–Kier alpha value is -4.52. The Balaban J connectivity index is 2.42. The molecule has 0 N–H and O–H groups in total. The molecule has 240 valence electrons. The summed E-state index contributed by atoms with van der Waals surface area (Å²) in [7, 11) is 4.91. The minimum Gasteiger partial charge on any atom is -0.488 e. The third kappa shape index (κ3) is 9.49. The number of esters is 4. The molecule has 13 nitrogen and oxygen atoms in total. The summed E-state index contributed by atoms with van der Waals surface area (Å²) >= 11 is 6.52. The highest BCUT2D eigenvalue weighted by atomic mass is 35.5. The van der Waals surface area contributed by atoms with Gasteiger partial charge in [-0.2, -0.15) is 0 Å². The number of aldehydes is 1. The quantitative estimate of drug-likeness (QED) is 0.115. The molecule has 0 aromatic heterocycles. The van der Waals surface area contributed by atoms with E-state index in [0.717, 1.165) is 0 Å². The van der Waals surface area contributed by atoms with Crippen LogP contribution in [0.3, 0.4) is 0 Å². The maximum Gasteiger partial charge on any atom is 0.325 e. The molecule has 0 atom stereocenters. The van der Waals surface area contributed by atoms with E-state index in [1.54, 1.807) is 32.9 Å². The highest BCUT2D eigenvalue weighted by molar-refractivity contribution is 6.32. The van der Waals surface area contributed by atoms with E-state index in [0.29, 0.717) is 50.7 Å². The largest absolute Gasteiger partial charge is 0.488 e. The SMILES string of the molecule is COC(=O)CN(CC(=O)OC)c1cc(C)c(C=O)cc1OCCOc1cc(C)c(Cl)c(C)c1N(CC(=O)OC)CC(=O)OC. The summed E-state index contributed by atoms with van der Waals surface area (Å²) < 4.78 is 31.2. The molecule has 44 heavy (non-hydrogen) atoms. The molecule has 0 aliphatic heterocycles. The molecule has 2 rings (SSSR count). The lowest BCUT2D eigenvalue weighted by Crippen LogP contribution is -2.36. The van der Waals surface area contributed by atoms with E-state index in [1.807, 2.05) is 0 Å². The summed E-state index contributed by atoms with van der Waals surface area (Å²) in [4.78, 5) is 63.2. The van der Waals surface area contributed by atoms with Gasteiger partial charge >= 0.3 is 23.9 Å². The molecule has 0 aliphatic carbocycles. The molecule has 14 heteroatoms. The Morgan fingerprint density at radius 2 is 1.14 bits per heavy atom. The molecular formula is C30H37ClN2O11. The van der Waals surface area contributed by atoms with Crippen molar-refractivity contribution in [1.29, 1.82) is 0 Å². The molecule has 0 amide bonds. The Bertz CT molecular complexity index is 1340. The average Bonchev–Trinajstić information content (AvgIpc) is 3.01. The van der Waals surface area contributed by atoms with Crippen molar-refractivity contribution in [2.45, 2.75) is 20.8 Å². The first-order valence-electron chi connectivity index (χ1n) is 13.3. The van der Waals surface area contributed by atoms with Crippen molar-refractivity contribution in [3.05, 3.63) is 45.5 Å². The monoisotopic (exact) mass is 636 g/mol. The topological polar surface area (TPSA) is 147 Å². The fourth-order valence-electron chi connectivity index (χ4n) is 4.22. The van der Waals surface area contributed by atoms with Crippen LogP contribution in [0.15, 0.2) is 18.2 Å². The number of halogens is 1. The van der Waals surface area contributed by atoms with Crippen molar-refractivity contribution in [2.75, 3.05) is 77.6 Å². The molecule has 0 fully saturated rings. The van der Waals surface area contributed by atoms with Crippen LogP contribution in [0.25, 0.3) is 0 Å². The number of rotatable bonds is 16. The standard InChI is InChI=1S/C30H37ClN2O11/c1-18-10-22(32(13-25(35)39-4)14-26(36)40-5)23(12-21(18)17-34)43-8-9-44-24-11-19(2)29(31)20(3)30(24)33(15-27(37)41-6)16-28(38)42-7/h10-12,17H,8-9,13-16H2,1-7H3. The van der Waals surface area contributed by atoms with E-state index >= 15 is 0 Å². The normalized spacial score (nSPS) is 10.4. The maximum atomic E-state index is 12.2. The van der Waals surface area contributed by atoms with Crippen LogP contribution in [0.2, 0.25) is 5.02 Å². The molecule has 0 spiro atoms. The van der Waals surface area contributed by atoms with Crippen molar-refractivity contribution >= 4 is 53.1 Å². The van der Waals surface area contributed by atoms with Gasteiger partial charge in [0.25, 0.3) is 0 Å². The summed E-state index contributed by atoms with van der Waals surface area (Å²) in [6.07, 6.45) is 0.663. The Labute approximate surface area is 260 Å². The Morgan fingerprint density at radius 1 is 0.682 bits per heavy atom. The first kappa shape index (κ1) is 35.7. The van der Waals surface area contributed by atoms with Crippen molar-refractivity contribution in [1.82, 2.24) is 0 Å². The average molecular weight is 637 g/mol. The van der Waals surface area contributed by atoms with E-state index in [9.17, 15) is 24.0 Å².